The van der Waals surface area contributed by atoms with Gasteiger partial charge in [-0.1, -0.05) is 11.6 Å². The zero-order valence-corrected chi connectivity index (χ0v) is 11.8. The second-order valence-corrected chi connectivity index (χ2v) is 4.93. The number of benzene rings is 1. The molecule has 0 saturated carbocycles. The lowest BCUT2D eigenvalue weighted by molar-refractivity contribution is 0.0954. The largest absolute Gasteiger partial charge is 0.398 e. The minimum Gasteiger partial charge on any atom is -0.398 e. The number of imidazole rings is 1. The Balaban J connectivity index is 1.73. The molecule has 2 rings (SSSR count). The van der Waals surface area contributed by atoms with Crippen molar-refractivity contribution in [2.75, 3.05) is 12.3 Å². The molecule has 1 aromatic carbocycles. The van der Waals surface area contributed by atoms with Gasteiger partial charge in [0.1, 0.15) is 0 Å². The van der Waals surface area contributed by atoms with E-state index in [9.17, 15) is 4.79 Å². The highest BCUT2D eigenvalue weighted by Crippen LogP contribution is 2.17. The average molecular weight is 293 g/mol. The van der Waals surface area contributed by atoms with Crippen molar-refractivity contribution in [1.29, 1.82) is 0 Å². The van der Waals surface area contributed by atoms with Crippen LogP contribution >= 0.6 is 11.6 Å². The molecule has 0 spiro atoms. The molecule has 20 heavy (non-hydrogen) atoms. The molecule has 106 valence electrons. The molecule has 0 aliphatic rings. The minimum atomic E-state index is -0.187. The first-order valence-electron chi connectivity index (χ1n) is 6.46. The number of unbranched alkanes of at least 4 members (excludes halogenated alkanes) is 1. The molecule has 6 heteroatoms. The van der Waals surface area contributed by atoms with E-state index < -0.39 is 0 Å². The molecule has 0 unspecified atom stereocenters. The summed E-state index contributed by atoms with van der Waals surface area (Å²) in [6.07, 6.45) is 7.33. The number of aryl methyl sites for hydroxylation is 1. The number of nitrogens with one attached hydrogen (secondary N) is 1. The van der Waals surface area contributed by atoms with E-state index in [2.05, 4.69) is 10.3 Å². The van der Waals surface area contributed by atoms with Crippen LogP contribution in [0.5, 0.6) is 0 Å². The topological polar surface area (TPSA) is 72.9 Å². The SMILES string of the molecule is Nc1ccc(Cl)cc1C(=O)NCCCCn1ccnc1. The van der Waals surface area contributed by atoms with Gasteiger partial charge in [-0.2, -0.15) is 0 Å². The zero-order chi connectivity index (χ0) is 14.4. The van der Waals surface area contributed by atoms with E-state index in [4.69, 9.17) is 17.3 Å². The van der Waals surface area contributed by atoms with Gasteiger partial charge < -0.3 is 15.6 Å². The molecule has 0 aliphatic heterocycles. The Hall–Kier alpha value is -2.01. The van der Waals surface area contributed by atoms with Crippen LogP contribution in [-0.4, -0.2) is 22.0 Å². The van der Waals surface area contributed by atoms with Gasteiger partial charge in [0, 0.05) is 36.2 Å². The van der Waals surface area contributed by atoms with E-state index in [1.54, 1.807) is 30.7 Å². The summed E-state index contributed by atoms with van der Waals surface area (Å²) < 4.78 is 2.01. The normalized spacial score (nSPS) is 10.4. The number of hydrogen-bond donors (Lipinski definition) is 2. The quantitative estimate of drug-likeness (QED) is 0.634. The van der Waals surface area contributed by atoms with Crippen LogP contribution in [0.25, 0.3) is 0 Å². The Morgan fingerprint density at radius 1 is 1.40 bits per heavy atom. The third-order valence-corrected chi connectivity index (χ3v) is 3.18. The van der Waals surface area contributed by atoms with Crippen molar-refractivity contribution in [1.82, 2.24) is 14.9 Å². The van der Waals surface area contributed by atoms with E-state index >= 15 is 0 Å². The highest BCUT2D eigenvalue weighted by atomic mass is 35.5. The number of anilines is 1. The average Bonchev–Trinajstić information content (AvgIpc) is 2.94. The number of nitrogen functional groups attached to an aromatic ring is 1. The summed E-state index contributed by atoms with van der Waals surface area (Å²) >= 11 is 5.86. The first-order chi connectivity index (χ1) is 9.66. The Morgan fingerprint density at radius 2 is 2.25 bits per heavy atom. The van der Waals surface area contributed by atoms with Gasteiger partial charge in [-0.25, -0.2) is 4.98 Å². The highest BCUT2D eigenvalue weighted by Gasteiger charge is 2.09. The third-order valence-electron chi connectivity index (χ3n) is 2.95. The predicted octanol–water partition coefficient (Wildman–Crippen LogP) is 2.33. The molecule has 1 heterocycles. The number of aromatic nitrogens is 2. The number of nitrogens with zero attached hydrogens (tertiary/aromatic N) is 2. The summed E-state index contributed by atoms with van der Waals surface area (Å²) in [5, 5.41) is 3.35. The smallest absolute Gasteiger partial charge is 0.253 e. The second kappa shape index (κ2) is 6.96. The van der Waals surface area contributed by atoms with Crippen molar-refractivity contribution >= 4 is 23.2 Å². The van der Waals surface area contributed by atoms with Gasteiger partial charge in [-0.05, 0) is 31.0 Å². The molecule has 3 N–H and O–H groups in total. The molecule has 0 aliphatic carbocycles. The maximum Gasteiger partial charge on any atom is 0.253 e. The van der Waals surface area contributed by atoms with Crippen LogP contribution in [-0.2, 0) is 6.54 Å². The van der Waals surface area contributed by atoms with Gasteiger partial charge in [0.25, 0.3) is 5.91 Å². The van der Waals surface area contributed by atoms with Gasteiger partial charge >= 0.3 is 0 Å². The van der Waals surface area contributed by atoms with Crippen molar-refractivity contribution in [3.8, 4) is 0 Å². The molecule has 0 atom stereocenters. The van der Waals surface area contributed by atoms with Crippen molar-refractivity contribution < 1.29 is 4.79 Å². The van der Waals surface area contributed by atoms with Crippen LogP contribution in [0, 0.1) is 0 Å². The number of rotatable bonds is 6. The Kier molecular flexibility index (Phi) is 5.01. The lowest BCUT2D eigenvalue weighted by atomic mass is 10.1. The number of amides is 1. The summed E-state index contributed by atoms with van der Waals surface area (Å²) in [5.41, 5.74) is 6.61. The van der Waals surface area contributed by atoms with Crippen molar-refractivity contribution in [3.63, 3.8) is 0 Å². The van der Waals surface area contributed by atoms with Gasteiger partial charge in [-0.3, -0.25) is 4.79 Å². The fourth-order valence-electron chi connectivity index (χ4n) is 1.86. The maximum atomic E-state index is 11.9. The molecule has 5 nitrogen and oxygen atoms in total. The summed E-state index contributed by atoms with van der Waals surface area (Å²) in [6, 6.07) is 4.88. The molecule has 1 aromatic heterocycles. The Bertz CT molecular complexity index is 569. The van der Waals surface area contributed by atoms with E-state index in [0.717, 1.165) is 19.4 Å². The lowest BCUT2D eigenvalue weighted by Gasteiger charge is -2.08. The molecule has 2 aromatic rings. The molecule has 1 amide bonds. The summed E-state index contributed by atoms with van der Waals surface area (Å²) in [6.45, 7) is 1.51. The Labute approximate surface area is 122 Å². The molecular weight excluding hydrogens is 276 g/mol. The summed E-state index contributed by atoms with van der Waals surface area (Å²) in [4.78, 5) is 15.9. The van der Waals surface area contributed by atoms with E-state index in [-0.39, 0.29) is 5.91 Å². The summed E-state index contributed by atoms with van der Waals surface area (Å²) in [7, 11) is 0. The first kappa shape index (κ1) is 14.4. The second-order valence-electron chi connectivity index (χ2n) is 4.50. The monoisotopic (exact) mass is 292 g/mol. The summed E-state index contributed by atoms with van der Waals surface area (Å²) in [5.74, 6) is -0.187. The molecule has 0 fully saturated rings. The van der Waals surface area contributed by atoms with Crippen molar-refractivity contribution in [2.45, 2.75) is 19.4 Å². The fraction of sp³-hybridized carbons (Fsp3) is 0.286. The third kappa shape index (κ3) is 3.99. The number of nitrogens with two attached hydrogens (primary N) is 1. The highest BCUT2D eigenvalue weighted by molar-refractivity contribution is 6.31. The van der Waals surface area contributed by atoms with Crippen LogP contribution in [0.3, 0.4) is 0 Å². The van der Waals surface area contributed by atoms with E-state index in [0.29, 0.717) is 22.8 Å². The minimum absolute atomic E-state index is 0.187. The van der Waals surface area contributed by atoms with Gasteiger partial charge in [-0.15, -0.1) is 0 Å². The molecule has 0 radical (unpaired) electrons. The van der Waals surface area contributed by atoms with E-state index in [1.165, 1.54) is 0 Å². The zero-order valence-electron chi connectivity index (χ0n) is 11.1. The molecular formula is C14H17ClN4O. The van der Waals surface area contributed by atoms with Crippen molar-refractivity contribution in [2.24, 2.45) is 0 Å². The first-order valence-corrected chi connectivity index (χ1v) is 6.83. The van der Waals surface area contributed by atoms with Gasteiger partial charge in [0.15, 0.2) is 0 Å². The van der Waals surface area contributed by atoms with Crippen LogP contribution in [0.2, 0.25) is 5.02 Å². The lowest BCUT2D eigenvalue weighted by Crippen LogP contribution is -2.25. The van der Waals surface area contributed by atoms with Crippen LogP contribution in [0.15, 0.2) is 36.9 Å². The standard InChI is InChI=1S/C14H17ClN4O/c15-11-3-4-13(16)12(9-11)14(20)18-5-1-2-7-19-8-6-17-10-19/h3-4,6,8-10H,1-2,5,7,16H2,(H,18,20). The van der Waals surface area contributed by atoms with Crippen molar-refractivity contribution in [3.05, 3.63) is 47.5 Å². The number of carbonyl (C=O) groups is 1. The number of hydrogen-bond acceptors (Lipinski definition) is 3. The predicted molar refractivity (Wildman–Crippen MR) is 79.7 cm³/mol. The van der Waals surface area contributed by atoms with Gasteiger partial charge in [0.05, 0.1) is 11.9 Å². The van der Waals surface area contributed by atoms with E-state index in [1.807, 2.05) is 10.8 Å². The molecule has 0 bridgehead atoms. The van der Waals surface area contributed by atoms with Crippen LogP contribution in [0.1, 0.15) is 23.2 Å². The number of carbonyl (C=O) groups excluding carboxylic acids is 1. The number of halogens is 1. The Morgan fingerprint density at radius 3 is 3.00 bits per heavy atom. The van der Waals surface area contributed by atoms with Crippen LogP contribution < -0.4 is 11.1 Å². The maximum absolute atomic E-state index is 11.9. The van der Waals surface area contributed by atoms with Gasteiger partial charge in [0.2, 0.25) is 0 Å². The molecule has 0 saturated heterocycles. The fourth-order valence-corrected chi connectivity index (χ4v) is 2.03. The van der Waals surface area contributed by atoms with Crippen LogP contribution in [0.4, 0.5) is 5.69 Å².